The van der Waals surface area contributed by atoms with E-state index in [0.29, 0.717) is 19.1 Å². The summed E-state index contributed by atoms with van der Waals surface area (Å²) in [6.07, 6.45) is -0.398. The molecular formula is C20H24N2O2. The van der Waals surface area contributed by atoms with Crippen molar-refractivity contribution in [3.63, 3.8) is 0 Å². The Kier molecular flexibility index (Phi) is 4.27. The van der Waals surface area contributed by atoms with E-state index in [1.54, 1.807) is 0 Å². The van der Waals surface area contributed by atoms with Crippen LogP contribution in [0.15, 0.2) is 48.5 Å². The summed E-state index contributed by atoms with van der Waals surface area (Å²) < 4.78 is 7.74. The first kappa shape index (κ1) is 15.6. The van der Waals surface area contributed by atoms with E-state index in [9.17, 15) is 5.11 Å². The molecule has 0 radical (unpaired) electrons. The van der Waals surface area contributed by atoms with Gasteiger partial charge in [-0.2, -0.15) is 0 Å². The number of ether oxygens (including phenoxy) is 1. The molecule has 126 valence electrons. The first-order chi connectivity index (χ1) is 11.7. The molecule has 0 saturated carbocycles. The van der Waals surface area contributed by atoms with E-state index in [-0.39, 0.29) is 0 Å². The summed E-state index contributed by atoms with van der Waals surface area (Å²) in [5.41, 5.74) is 2.38. The van der Waals surface area contributed by atoms with E-state index >= 15 is 0 Å². The molecule has 1 aromatic heterocycles. The van der Waals surface area contributed by atoms with Crippen LogP contribution in [0.4, 0.5) is 0 Å². The van der Waals surface area contributed by atoms with Gasteiger partial charge in [-0.3, -0.25) is 4.90 Å². The van der Waals surface area contributed by atoms with Crippen LogP contribution in [0.1, 0.15) is 6.92 Å². The Hall–Kier alpha value is -1.88. The second kappa shape index (κ2) is 6.55. The fourth-order valence-corrected chi connectivity index (χ4v) is 3.77. The summed E-state index contributed by atoms with van der Waals surface area (Å²) >= 11 is 0. The van der Waals surface area contributed by atoms with E-state index in [0.717, 1.165) is 19.8 Å². The van der Waals surface area contributed by atoms with Gasteiger partial charge in [0.05, 0.1) is 25.9 Å². The molecule has 2 heterocycles. The van der Waals surface area contributed by atoms with Gasteiger partial charge in [-0.1, -0.05) is 36.4 Å². The van der Waals surface area contributed by atoms with E-state index < -0.39 is 6.10 Å². The molecule has 2 aromatic carbocycles. The SMILES string of the molecule is C[C@H]1COCCN1C[C@@H](O)Cn1c2ccccc2c2ccccc21. The molecule has 3 aromatic rings. The number of para-hydroxylation sites is 2. The first-order valence-corrected chi connectivity index (χ1v) is 8.70. The highest BCUT2D eigenvalue weighted by atomic mass is 16.5. The van der Waals surface area contributed by atoms with Crippen LogP contribution in [0.3, 0.4) is 0 Å². The van der Waals surface area contributed by atoms with Gasteiger partial charge in [0.1, 0.15) is 0 Å². The van der Waals surface area contributed by atoms with Crippen LogP contribution in [0.2, 0.25) is 0 Å². The minimum Gasteiger partial charge on any atom is -0.390 e. The maximum Gasteiger partial charge on any atom is 0.0846 e. The molecule has 0 unspecified atom stereocenters. The van der Waals surface area contributed by atoms with Crippen LogP contribution < -0.4 is 0 Å². The van der Waals surface area contributed by atoms with Crippen LogP contribution >= 0.6 is 0 Å². The lowest BCUT2D eigenvalue weighted by molar-refractivity contribution is -0.0218. The Balaban J connectivity index is 1.63. The zero-order valence-electron chi connectivity index (χ0n) is 14.1. The zero-order chi connectivity index (χ0) is 16.5. The van der Waals surface area contributed by atoms with Crippen LogP contribution in [0, 0.1) is 0 Å². The number of hydrogen-bond acceptors (Lipinski definition) is 3. The maximum atomic E-state index is 10.7. The monoisotopic (exact) mass is 324 g/mol. The van der Waals surface area contributed by atoms with Crippen molar-refractivity contribution < 1.29 is 9.84 Å². The number of aliphatic hydroxyl groups excluding tert-OH is 1. The molecule has 1 aliphatic rings. The van der Waals surface area contributed by atoms with E-state index in [2.05, 4.69) is 64.9 Å². The summed E-state index contributed by atoms with van der Waals surface area (Å²) in [7, 11) is 0. The van der Waals surface area contributed by atoms with Gasteiger partial charge >= 0.3 is 0 Å². The number of benzene rings is 2. The highest BCUT2D eigenvalue weighted by Crippen LogP contribution is 2.28. The van der Waals surface area contributed by atoms with Crippen molar-refractivity contribution in [3.05, 3.63) is 48.5 Å². The predicted molar refractivity (Wildman–Crippen MR) is 97.3 cm³/mol. The van der Waals surface area contributed by atoms with Gasteiger partial charge in [-0.15, -0.1) is 0 Å². The van der Waals surface area contributed by atoms with E-state index in [1.807, 2.05) is 0 Å². The van der Waals surface area contributed by atoms with Crippen molar-refractivity contribution in [2.75, 3.05) is 26.3 Å². The molecule has 4 nitrogen and oxygen atoms in total. The largest absolute Gasteiger partial charge is 0.390 e. The summed E-state index contributed by atoms with van der Waals surface area (Å²) in [6.45, 7) is 5.86. The molecule has 2 atom stereocenters. The number of β-amino-alcohol motifs (C(OH)–C–C–N with tert-alkyl or cyclic N) is 1. The average molecular weight is 324 g/mol. The van der Waals surface area contributed by atoms with Gasteiger partial charge < -0.3 is 14.4 Å². The minimum absolute atomic E-state index is 0.367. The second-order valence-corrected chi connectivity index (χ2v) is 6.72. The molecular weight excluding hydrogens is 300 g/mol. The number of nitrogens with zero attached hydrogens (tertiary/aromatic N) is 2. The lowest BCUT2D eigenvalue weighted by Crippen LogP contribution is -2.47. The summed E-state index contributed by atoms with van der Waals surface area (Å²) in [5.74, 6) is 0. The maximum absolute atomic E-state index is 10.7. The van der Waals surface area contributed by atoms with Gasteiger partial charge in [0.2, 0.25) is 0 Å². The molecule has 1 fully saturated rings. The molecule has 4 rings (SSSR count). The summed E-state index contributed by atoms with van der Waals surface area (Å²) in [5, 5.41) is 13.2. The first-order valence-electron chi connectivity index (χ1n) is 8.70. The Labute approximate surface area is 142 Å². The Bertz CT molecular complexity index is 789. The lowest BCUT2D eigenvalue weighted by Gasteiger charge is -2.34. The van der Waals surface area contributed by atoms with Crippen molar-refractivity contribution >= 4 is 21.8 Å². The summed E-state index contributed by atoms with van der Waals surface area (Å²) in [4.78, 5) is 2.32. The molecule has 1 N–H and O–H groups in total. The third kappa shape index (κ3) is 2.81. The average Bonchev–Trinajstić information content (AvgIpc) is 2.92. The minimum atomic E-state index is -0.398. The Morgan fingerprint density at radius 3 is 2.29 bits per heavy atom. The van der Waals surface area contributed by atoms with Gasteiger partial charge in [0.15, 0.2) is 0 Å². The number of hydrogen-bond donors (Lipinski definition) is 1. The zero-order valence-corrected chi connectivity index (χ0v) is 14.1. The highest BCUT2D eigenvalue weighted by molar-refractivity contribution is 6.07. The lowest BCUT2D eigenvalue weighted by atomic mass is 10.2. The summed E-state index contributed by atoms with van der Waals surface area (Å²) in [6, 6.07) is 17.2. The topological polar surface area (TPSA) is 37.6 Å². The van der Waals surface area contributed by atoms with Crippen LogP contribution in [-0.4, -0.2) is 53.0 Å². The molecule has 1 aliphatic heterocycles. The quantitative estimate of drug-likeness (QED) is 0.802. The van der Waals surface area contributed by atoms with Crippen molar-refractivity contribution in [3.8, 4) is 0 Å². The molecule has 24 heavy (non-hydrogen) atoms. The van der Waals surface area contributed by atoms with Crippen molar-refractivity contribution in [2.24, 2.45) is 0 Å². The predicted octanol–water partition coefficient (Wildman–Crippen LogP) is 2.88. The van der Waals surface area contributed by atoms with Crippen LogP contribution in [0.5, 0.6) is 0 Å². The number of aromatic nitrogens is 1. The Morgan fingerprint density at radius 1 is 1.04 bits per heavy atom. The molecule has 4 heteroatoms. The van der Waals surface area contributed by atoms with Crippen molar-refractivity contribution in [2.45, 2.75) is 25.6 Å². The number of rotatable bonds is 4. The third-order valence-corrected chi connectivity index (χ3v) is 5.02. The van der Waals surface area contributed by atoms with Gasteiger partial charge in [0.25, 0.3) is 0 Å². The van der Waals surface area contributed by atoms with E-state index in [1.165, 1.54) is 21.8 Å². The molecule has 1 saturated heterocycles. The van der Waals surface area contributed by atoms with Gasteiger partial charge in [0, 0.05) is 40.9 Å². The van der Waals surface area contributed by atoms with Crippen molar-refractivity contribution in [1.82, 2.24) is 9.47 Å². The third-order valence-electron chi connectivity index (χ3n) is 5.02. The van der Waals surface area contributed by atoms with Crippen molar-refractivity contribution in [1.29, 1.82) is 0 Å². The van der Waals surface area contributed by atoms with Gasteiger partial charge in [-0.25, -0.2) is 0 Å². The Morgan fingerprint density at radius 2 is 1.67 bits per heavy atom. The standard InChI is InChI=1S/C20H24N2O2/c1-15-14-24-11-10-21(15)12-16(23)13-22-19-8-4-2-6-17(19)18-7-3-5-9-20(18)22/h2-9,15-16,23H,10-14H2,1H3/t15-,16+/m0/s1. The molecule has 0 aliphatic carbocycles. The van der Waals surface area contributed by atoms with Crippen LogP contribution in [-0.2, 0) is 11.3 Å². The van der Waals surface area contributed by atoms with E-state index in [4.69, 9.17) is 4.74 Å². The molecule has 0 bridgehead atoms. The smallest absolute Gasteiger partial charge is 0.0846 e. The van der Waals surface area contributed by atoms with Gasteiger partial charge in [-0.05, 0) is 19.1 Å². The molecule has 0 amide bonds. The number of morpholine rings is 1. The molecule has 0 spiro atoms. The van der Waals surface area contributed by atoms with Crippen LogP contribution in [0.25, 0.3) is 21.8 Å². The fourth-order valence-electron chi connectivity index (χ4n) is 3.77. The number of aliphatic hydroxyl groups is 1. The normalized spacial score (nSPS) is 20.7. The number of fused-ring (bicyclic) bond motifs is 3. The highest BCUT2D eigenvalue weighted by Gasteiger charge is 2.22. The fraction of sp³-hybridized carbons (Fsp3) is 0.400. The second-order valence-electron chi connectivity index (χ2n) is 6.72.